The summed E-state index contributed by atoms with van der Waals surface area (Å²) in [6, 6.07) is 15.1. The molecular weight excluding hydrogens is 436 g/mol. The van der Waals surface area contributed by atoms with Crippen LogP contribution in [0.4, 0.5) is 0 Å². The number of benzene rings is 2. The molecule has 2 aromatic heterocycles. The fourth-order valence-electron chi connectivity index (χ4n) is 3.43. The number of nitrogens with zero attached hydrogens (tertiary/aromatic N) is 3. The number of aromatic nitrogens is 3. The molecule has 0 saturated carbocycles. The van der Waals surface area contributed by atoms with Gasteiger partial charge in [-0.05, 0) is 42.8 Å². The van der Waals surface area contributed by atoms with Crippen LogP contribution in [0, 0.1) is 6.92 Å². The quantitative estimate of drug-likeness (QED) is 0.502. The van der Waals surface area contributed by atoms with Crippen molar-refractivity contribution in [1.82, 2.24) is 19.5 Å². The third-order valence-corrected chi connectivity index (χ3v) is 5.23. The van der Waals surface area contributed by atoms with Gasteiger partial charge in [0.2, 0.25) is 5.91 Å². The van der Waals surface area contributed by atoms with Crippen LogP contribution in [0.5, 0.6) is 5.75 Å². The van der Waals surface area contributed by atoms with Crippen molar-refractivity contribution in [2.45, 2.75) is 20.0 Å². The highest BCUT2D eigenvalue weighted by Crippen LogP contribution is 2.28. The number of fused-ring (bicyclic) bond motifs is 3. The van der Waals surface area contributed by atoms with Gasteiger partial charge in [-0.25, -0.2) is 4.68 Å². The molecule has 4 aromatic rings. The highest BCUT2D eigenvalue weighted by molar-refractivity contribution is 9.10. The molecule has 0 aliphatic carbocycles. The van der Waals surface area contributed by atoms with E-state index in [1.165, 1.54) is 4.68 Å². The van der Waals surface area contributed by atoms with Crippen LogP contribution in [-0.4, -0.2) is 27.2 Å². The van der Waals surface area contributed by atoms with E-state index in [0.717, 1.165) is 20.9 Å². The zero-order valence-electron chi connectivity index (χ0n) is 16.0. The van der Waals surface area contributed by atoms with Crippen LogP contribution < -0.4 is 15.6 Å². The monoisotopic (exact) mass is 454 g/mol. The van der Waals surface area contributed by atoms with Crippen LogP contribution >= 0.6 is 15.9 Å². The summed E-state index contributed by atoms with van der Waals surface area (Å²) in [6.45, 7) is 2.03. The maximum absolute atomic E-state index is 13.0. The van der Waals surface area contributed by atoms with E-state index in [1.54, 1.807) is 24.5 Å². The van der Waals surface area contributed by atoms with Crippen LogP contribution in [0.15, 0.2) is 57.8 Å². The van der Waals surface area contributed by atoms with Gasteiger partial charge in [0, 0.05) is 16.4 Å². The SMILES string of the molecule is COc1cccc2c1cc1c(=O)n(CC(=O)NCc3cccc(Br)c3)nc(C)n12. The van der Waals surface area contributed by atoms with Gasteiger partial charge in [-0.2, -0.15) is 5.10 Å². The number of aryl methyl sites for hydroxylation is 1. The molecule has 8 heteroatoms. The number of amides is 1. The number of carbonyl (C=O) groups excluding carboxylic acids is 1. The molecule has 7 nitrogen and oxygen atoms in total. The first-order valence-corrected chi connectivity index (χ1v) is 9.84. The summed E-state index contributed by atoms with van der Waals surface area (Å²) < 4.78 is 9.34. The van der Waals surface area contributed by atoms with Gasteiger partial charge < -0.3 is 10.1 Å². The minimum absolute atomic E-state index is 0.150. The number of rotatable bonds is 5. The number of methoxy groups -OCH3 is 1. The fourth-order valence-corrected chi connectivity index (χ4v) is 3.88. The van der Waals surface area contributed by atoms with Crippen LogP contribution in [0.25, 0.3) is 16.4 Å². The number of carbonyl (C=O) groups is 1. The van der Waals surface area contributed by atoms with Crippen LogP contribution in [-0.2, 0) is 17.9 Å². The Balaban J connectivity index is 1.64. The van der Waals surface area contributed by atoms with Gasteiger partial charge in [0.15, 0.2) is 0 Å². The molecule has 0 bridgehead atoms. The topological polar surface area (TPSA) is 77.6 Å². The molecule has 1 N–H and O–H groups in total. The third kappa shape index (κ3) is 3.63. The van der Waals surface area contributed by atoms with E-state index < -0.39 is 0 Å². The lowest BCUT2D eigenvalue weighted by molar-refractivity contribution is -0.122. The molecule has 148 valence electrons. The minimum atomic E-state index is -0.327. The molecule has 0 atom stereocenters. The molecule has 4 rings (SSSR count). The maximum Gasteiger partial charge on any atom is 0.291 e. The average Bonchev–Trinajstić information content (AvgIpc) is 3.11. The minimum Gasteiger partial charge on any atom is -0.496 e. The largest absolute Gasteiger partial charge is 0.496 e. The summed E-state index contributed by atoms with van der Waals surface area (Å²) in [4.78, 5) is 25.4. The van der Waals surface area contributed by atoms with E-state index in [-0.39, 0.29) is 18.0 Å². The van der Waals surface area contributed by atoms with Crippen molar-refractivity contribution in [3.05, 3.63) is 74.7 Å². The molecule has 2 aromatic carbocycles. The van der Waals surface area contributed by atoms with Gasteiger partial charge >= 0.3 is 0 Å². The maximum atomic E-state index is 13.0. The zero-order valence-corrected chi connectivity index (χ0v) is 17.6. The van der Waals surface area contributed by atoms with Crippen molar-refractivity contribution < 1.29 is 9.53 Å². The Labute approximate surface area is 175 Å². The molecule has 0 radical (unpaired) electrons. The number of ether oxygens (including phenoxy) is 1. The second kappa shape index (κ2) is 7.71. The van der Waals surface area contributed by atoms with Gasteiger partial charge in [-0.1, -0.05) is 34.1 Å². The standard InChI is InChI=1S/C21H19BrN4O3/c1-13-24-25(12-20(27)23-11-14-5-3-6-15(22)9-14)21(28)18-10-16-17(26(13)18)7-4-8-19(16)29-2/h3-10H,11-12H2,1-2H3,(H,23,27). The average molecular weight is 455 g/mol. The van der Waals surface area contributed by atoms with E-state index in [0.29, 0.717) is 23.6 Å². The molecule has 0 aliphatic heterocycles. The first-order valence-electron chi connectivity index (χ1n) is 9.05. The molecular formula is C21H19BrN4O3. The van der Waals surface area contributed by atoms with Gasteiger partial charge in [-0.15, -0.1) is 0 Å². The Morgan fingerprint density at radius 1 is 1.17 bits per heavy atom. The lowest BCUT2D eigenvalue weighted by Crippen LogP contribution is -2.34. The highest BCUT2D eigenvalue weighted by atomic mass is 79.9. The summed E-state index contributed by atoms with van der Waals surface area (Å²) in [5.41, 5.74) is 1.93. The fraction of sp³-hybridized carbons (Fsp3) is 0.190. The first kappa shape index (κ1) is 19.2. The summed E-state index contributed by atoms with van der Waals surface area (Å²) in [5.74, 6) is 1.02. The number of halogens is 1. The van der Waals surface area contributed by atoms with Gasteiger partial charge in [-0.3, -0.25) is 14.0 Å². The number of hydrogen-bond donors (Lipinski definition) is 1. The summed E-state index contributed by atoms with van der Waals surface area (Å²) in [6.07, 6.45) is 0. The predicted molar refractivity (Wildman–Crippen MR) is 114 cm³/mol. The van der Waals surface area contributed by atoms with E-state index in [9.17, 15) is 9.59 Å². The highest BCUT2D eigenvalue weighted by Gasteiger charge is 2.16. The Morgan fingerprint density at radius 3 is 2.72 bits per heavy atom. The molecule has 29 heavy (non-hydrogen) atoms. The smallest absolute Gasteiger partial charge is 0.291 e. The Bertz CT molecular complexity index is 1290. The van der Waals surface area contributed by atoms with Gasteiger partial charge in [0.25, 0.3) is 5.56 Å². The van der Waals surface area contributed by atoms with Crippen molar-refractivity contribution in [3.63, 3.8) is 0 Å². The van der Waals surface area contributed by atoms with E-state index in [2.05, 4.69) is 26.3 Å². The van der Waals surface area contributed by atoms with Crippen molar-refractivity contribution in [1.29, 1.82) is 0 Å². The summed E-state index contributed by atoms with van der Waals surface area (Å²) in [5, 5.41) is 8.00. The predicted octanol–water partition coefficient (Wildman–Crippen LogP) is 3.05. The zero-order chi connectivity index (χ0) is 20.5. The number of nitrogens with one attached hydrogen (secondary N) is 1. The van der Waals surface area contributed by atoms with Gasteiger partial charge in [0.1, 0.15) is 23.6 Å². The first-order chi connectivity index (χ1) is 14.0. The normalized spacial score (nSPS) is 11.1. The van der Waals surface area contributed by atoms with Gasteiger partial charge in [0.05, 0.1) is 12.6 Å². The molecule has 0 aliphatic rings. The Kier molecular flexibility index (Phi) is 5.10. The lowest BCUT2D eigenvalue weighted by Gasteiger charge is -2.10. The summed E-state index contributed by atoms with van der Waals surface area (Å²) >= 11 is 3.41. The number of hydrogen-bond acceptors (Lipinski definition) is 4. The van der Waals surface area contributed by atoms with Crippen molar-refractivity contribution in [2.75, 3.05) is 7.11 Å². The molecule has 1 amide bonds. The van der Waals surface area contributed by atoms with Crippen molar-refractivity contribution in [2.24, 2.45) is 0 Å². The molecule has 0 fully saturated rings. The van der Waals surface area contributed by atoms with Crippen molar-refractivity contribution >= 4 is 38.3 Å². The van der Waals surface area contributed by atoms with Crippen molar-refractivity contribution in [3.8, 4) is 5.75 Å². The Hall–Kier alpha value is -3.13. The van der Waals surface area contributed by atoms with E-state index >= 15 is 0 Å². The third-order valence-electron chi connectivity index (χ3n) is 4.74. The van der Waals surface area contributed by atoms with E-state index in [4.69, 9.17) is 4.74 Å². The Morgan fingerprint density at radius 2 is 1.97 bits per heavy atom. The molecule has 0 unspecified atom stereocenters. The lowest BCUT2D eigenvalue weighted by atomic mass is 10.2. The molecule has 0 spiro atoms. The van der Waals surface area contributed by atoms with Crippen LogP contribution in [0.3, 0.4) is 0 Å². The van der Waals surface area contributed by atoms with E-state index in [1.807, 2.05) is 42.5 Å². The molecule has 2 heterocycles. The van der Waals surface area contributed by atoms with Crippen LogP contribution in [0.1, 0.15) is 11.4 Å². The summed E-state index contributed by atoms with van der Waals surface area (Å²) in [7, 11) is 1.59. The van der Waals surface area contributed by atoms with Crippen LogP contribution in [0.2, 0.25) is 0 Å². The second-order valence-corrected chi connectivity index (χ2v) is 7.59. The second-order valence-electron chi connectivity index (χ2n) is 6.67. The molecule has 0 saturated heterocycles.